The fourth-order valence-electron chi connectivity index (χ4n) is 3.28. The van der Waals surface area contributed by atoms with Crippen LogP contribution in [0.3, 0.4) is 0 Å². The van der Waals surface area contributed by atoms with Gasteiger partial charge in [0, 0.05) is 18.3 Å². The summed E-state index contributed by atoms with van der Waals surface area (Å²) in [5.74, 6) is 1.21. The molecule has 0 aliphatic heterocycles. The third kappa shape index (κ3) is 3.38. The summed E-state index contributed by atoms with van der Waals surface area (Å²) in [5.41, 5.74) is 1.39. The van der Waals surface area contributed by atoms with Crippen LogP contribution >= 0.6 is 0 Å². The largest absolute Gasteiger partial charge is 0.388 e. The first-order valence-corrected chi connectivity index (χ1v) is 7.62. The van der Waals surface area contributed by atoms with Crippen molar-refractivity contribution in [2.75, 3.05) is 0 Å². The first kappa shape index (κ1) is 14.6. The molecule has 0 saturated heterocycles. The molecule has 1 N–H and O–H groups in total. The van der Waals surface area contributed by atoms with E-state index >= 15 is 0 Å². The maximum absolute atomic E-state index is 10.5. The Balaban J connectivity index is 1.94. The van der Waals surface area contributed by atoms with Crippen molar-refractivity contribution < 1.29 is 5.11 Å². The molecular weight excluding hydrogens is 236 g/mol. The van der Waals surface area contributed by atoms with Crippen LogP contribution in [0.2, 0.25) is 0 Å². The Morgan fingerprint density at radius 1 is 1.32 bits per heavy atom. The van der Waals surface area contributed by atoms with Gasteiger partial charge in [-0.25, -0.2) is 0 Å². The molecule has 108 valence electrons. The minimum Gasteiger partial charge on any atom is -0.388 e. The van der Waals surface area contributed by atoms with Gasteiger partial charge in [-0.15, -0.1) is 0 Å². The zero-order chi connectivity index (χ0) is 14.0. The zero-order valence-corrected chi connectivity index (χ0v) is 12.8. The van der Waals surface area contributed by atoms with Gasteiger partial charge in [-0.2, -0.15) is 5.10 Å². The Bertz CT molecular complexity index is 397. The molecule has 2 rings (SSSR count). The quantitative estimate of drug-likeness (QED) is 0.902. The molecule has 1 aliphatic carbocycles. The lowest BCUT2D eigenvalue weighted by atomic mass is 9.68. The van der Waals surface area contributed by atoms with Gasteiger partial charge in [0.2, 0.25) is 0 Å². The summed E-state index contributed by atoms with van der Waals surface area (Å²) in [6, 6.07) is 0. The van der Waals surface area contributed by atoms with Gasteiger partial charge in [0.1, 0.15) is 0 Å². The monoisotopic (exact) mass is 264 g/mol. The van der Waals surface area contributed by atoms with Crippen molar-refractivity contribution in [1.29, 1.82) is 0 Å². The zero-order valence-electron chi connectivity index (χ0n) is 12.8. The third-order valence-electron chi connectivity index (χ3n) is 4.76. The molecule has 1 aromatic heterocycles. The standard InChI is InChI=1S/C16H28N2O/c1-5-18-11-13(10-17-18)15(19)12-6-8-14(9-7-12)16(2,3)4/h10-12,14-15,19H,5-9H2,1-4H3. The van der Waals surface area contributed by atoms with Gasteiger partial charge in [-0.1, -0.05) is 20.8 Å². The van der Waals surface area contributed by atoms with Crippen LogP contribution in [0.25, 0.3) is 0 Å². The minimum absolute atomic E-state index is 0.332. The number of aryl methyl sites for hydroxylation is 1. The van der Waals surface area contributed by atoms with E-state index in [4.69, 9.17) is 0 Å². The van der Waals surface area contributed by atoms with E-state index in [1.807, 2.05) is 17.1 Å². The maximum Gasteiger partial charge on any atom is 0.0848 e. The molecular formula is C16H28N2O. The molecule has 1 atom stereocenters. The van der Waals surface area contributed by atoms with Gasteiger partial charge in [0.05, 0.1) is 12.3 Å². The molecule has 1 unspecified atom stereocenters. The first-order chi connectivity index (χ1) is 8.91. The predicted molar refractivity (Wildman–Crippen MR) is 77.8 cm³/mol. The lowest BCUT2D eigenvalue weighted by molar-refractivity contribution is 0.0528. The van der Waals surface area contributed by atoms with Gasteiger partial charge < -0.3 is 5.11 Å². The van der Waals surface area contributed by atoms with Crippen LogP contribution in [0.15, 0.2) is 12.4 Å². The fourth-order valence-corrected chi connectivity index (χ4v) is 3.28. The lowest BCUT2D eigenvalue weighted by Gasteiger charge is -2.38. The number of hydrogen-bond acceptors (Lipinski definition) is 2. The molecule has 0 bridgehead atoms. The molecule has 3 heteroatoms. The van der Waals surface area contributed by atoms with Crippen molar-refractivity contribution in [3.05, 3.63) is 18.0 Å². The molecule has 1 heterocycles. The molecule has 0 aromatic carbocycles. The molecule has 0 amide bonds. The molecule has 1 saturated carbocycles. The van der Waals surface area contributed by atoms with Crippen molar-refractivity contribution in [3.8, 4) is 0 Å². The first-order valence-electron chi connectivity index (χ1n) is 7.62. The van der Waals surface area contributed by atoms with Crippen LogP contribution in [0.1, 0.15) is 65.0 Å². The van der Waals surface area contributed by atoms with E-state index in [1.54, 1.807) is 0 Å². The van der Waals surface area contributed by atoms with Crippen molar-refractivity contribution in [3.63, 3.8) is 0 Å². The van der Waals surface area contributed by atoms with Crippen molar-refractivity contribution in [2.24, 2.45) is 17.3 Å². The smallest absolute Gasteiger partial charge is 0.0848 e. The summed E-state index contributed by atoms with van der Waals surface area (Å²) < 4.78 is 1.89. The van der Waals surface area contributed by atoms with E-state index in [9.17, 15) is 5.11 Å². The molecule has 3 nitrogen and oxygen atoms in total. The van der Waals surface area contributed by atoms with Crippen LogP contribution in [-0.4, -0.2) is 14.9 Å². The summed E-state index contributed by atoms with van der Waals surface area (Å²) in [7, 11) is 0. The summed E-state index contributed by atoms with van der Waals surface area (Å²) in [4.78, 5) is 0. The number of rotatable bonds is 3. The molecule has 19 heavy (non-hydrogen) atoms. The highest BCUT2D eigenvalue weighted by Gasteiger charge is 2.33. The van der Waals surface area contributed by atoms with Crippen LogP contribution in [0.5, 0.6) is 0 Å². The molecule has 0 radical (unpaired) electrons. The van der Waals surface area contributed by atoms with Crippen LogP contribution in [0.4, 0.5) is 0 Å². The normalized spacial score (nSPS) is 26.4. The number of aliphatic hydroxyl groups excluding tert-OH is 1. The average Bonchev–Trinajstić information content (AvgIpc) is 2.86. The second kappa shape index (κ2) is 5.66. The predicted octanol–water partition coefficient (Wildman–Crippen LogP) is 3.79. The van der Waals surface area contributed by atoms with Crippen molar-refractivity contribution in [2.45, 2.75) is 66.0 Å². The Labute approximate surface area is 117 Å². The van der Waals surface area contributed by atoms with Crippen molar-refractivity contribution >= 4 is 0 Å². The van der Waals surface area contributed by atoms with Crippen molar-refractivity contribution in [1.82, 2.24) is 9.78 Å². The van der Waals surface area contributed by atoms with E-state index in [0.717, 1.165) is 30.9 Å². The summed E-state index contributed by atoms with van der Waals surface area (Å²) >= 11 is 0. The van der Waals surface area contributed by atoms with E-state index < -0.39 is 0 Å². The SMILES string of the molecule is CCn1cc(C(O)C2CCC(C(C)(C)C)CC2)cn1. The van der Waals surface area contributed by atoms with Gasteiger partial charge in [-0.05, 0) is 49.9 Å². The second-order valence-corrected chi connectivity index (χ2v) is 7.05. The summed E-state index contributed by atoms with van der Waals surface area (Å²) in [6.07, 6.45) is 8.24. The molecule has 1 fully saturated rings. The topological polar surface area (TPSA) is 38.0 Å². The summed E-state index contributed by atoms with van der Waals surface area (Å²) in [6.45, 7) is 9.93. The molecule has 1 aliphatic rings. The van der Waals surface area contributed by atoms with E-state index in [-0.39, 0.29) is 6.10 Å². The minimum atomic E-state index is -0.332. The number of nitrogens with zero attached hydrogens (tertiary/aromatic N) is 2. The number of aliphatic hydroxyl groups is 1. The maximum atomic E-state index is 10.5. The third-order valence-corrected chi connectivity index (χ3v) is 4.76. The average molecular weight is 264 g/mol. The Morgan fingerprint density at radius 3 is 2.42 bits per heavy atom. The van der Waals surface area contributed by atoms with E-state index in [1.165, 1.54) is 12.8 Å². The number of aromatic nitrogens is 2. The highest BCUT2D eigenvalue weighted by Crippen LogP contribution is 2.43. The van der Waals surface area contributed by atoms with Gasteiger partial charge >= 0.3 is 0 Å². The Kier molecular flexibility index (Phi) is 4.34. The summed E-state index contributed by atoms with van der Waals surface area (Å²) in [5, 5.41) is 14.8. The lowest BCUT2D eigenvalue weighted by Crippen LogP contribution is -2.28. The van der Waals surface area contributed by atoms with Gasteiger partial charge in [-0.3, -0.25) is 4.68 Å². The van der Waals surface area contributed by atoms with Gasteiger partial charge in [0.25, 0.3) is 0 Å². The van der Waals surface area contributed by atoms with Crippen LogP contribution in [-0.2, 0) is 6.54 Å². The van der Waals surface area contributed by atoms with E-state index in [0.29, 0.717) is 11.3 Å². The second-order valence-electron chi connectivity index (χ2n) is 7.05. The molecule has 0 spiro atoms. The van der Waals surface area contributed by atoms with E-state index in [2.05, 4.69) is 32.8 Å². The van der Waals surface area contributed by atoms with Crippen LogP contribution in [0, 0.1) is 17.3 Å². The Morgan fingerprint density at radius 2 is 1.95 bits per heavy atom. The van der Waals surface area contributed by atoms with Crippen LogP contribution < -0.4 is 0 Å². The number of hydrogen-bond donors (Lipinski definition) is 1. The Hall–Kier alpha value is -0.830. The highest BCUT2D eigenvalue weighted by atomic mass is 16.3. The highest BCUT2D eigenvalue weighted by molar-refractivity contribution is 5.09. The molecule has 1 aromatic rings. The van der Waals surface area contributed by atoms with Gasteiger partial charge in [0.15, 0.2) is 0 Å². The fraction of sp³-hybridized carbons (Fsp3) is 0.812.